The summed E-state index contributed by atoms with van der Waals surface area (Å²) in [5.74, 6) is 0. The number of rotatable bonds is 14. The molecule has 0 fully saturated rings. The number of carbonyl (C=O) groups is 2. The predicted octanol–water partition coefficient (Wildman–Crippen LogP) is 11.3. The van der Waals surface area contributed by atoms with Crippen LogP contribution in [0.3, 0.4) is 0 Å². The Morgan fingerprint density at radius 1 is 0.619 bits per heavy atom. The molecule has 5 aromatic rings. The molecule has 3 aromatic heterocycles. The zero-order valence-electron chi connectivity index (χ0n) is 24.5. The molecule has 0 N–H and O–H groups in total. The maximum absolute atomic E-state index is 12.1. The first-order valence-corrected chi connectivity index (χ1v) is 17.9. The fourth-order valence-electron chi connectivity index (χ4n) is 6.64. The van der Waals surface area contributed by atoms with E-state index in [2.05, 4.69) is 68.4 Å². The van der Waals surface area contributed by atoms with Gasteiger partial charge in [-0.1, -0.05) is 101 Å². The maximum Gasteiger partial charge on any atom is 0.160 e. The van der Waals surface area contributed by atoms with Crippen molar-refractivity contribution < 1.29 is 9.59 Å². The van der Waals surface area contributed by atoms with E-state index < -0.39 is 5.41 Å². The smallest absolute Gasteiger partial charge is 0.160 e. The normalized spacial score (nSPS) is 13.4. The second kappa shape index (κ2) is 12.8. The van der Waals surface area contributed by atoms with Gasteiger partial charge in [0.2, 0.25) is 0 Å². The molecule has 0 spiro atoms. The van der Waals surface area contributed by atoms with Crippen LogP contribution in [0, 0.1) is 0 Å². The number of benzene rings is 2. The van der Waals surface area contributed by atoms with Gasteiger partial charge >= 0.3 is 0 Å². The van der Waals surface area contributed by atoms with Gasteiger partial charge in [-0.3, -0.25) is 9.59 Å². The summed E-state index contributed by atoms with van der Waals surface area (Å²) in [6, 6.07) is 22.7. The van der Waals surface area contributed by atoms with Crippen molar-refractivity contribution in [3.8, 4) is 9.75 Å². The Bertz CT molecular complexity index is 1630. The third kappa shape index (κ3) is 5.14. The molecular weight excluding hydrogens is 573 g/mol. The van der Waals surface area contributed by atoms with Crippen LogP contribution in [-0.4, -0.2) is 12.6 Å². The van der Waals surface area contributed by atoms with Crippen molar-refractivity contribution in [2.45, 2.75) is 83.5 Å². The first-order valence-electron chi connectivity index (χ1n) is 15.4. The van der Waals surface area contributed by atoms with E-state index in [1.54, 1.807) is 34.0 Å². The van der Waals surface area contributed by atoms with Crippen LogP contribution in [0.15, 0.2) is 60.7 Å². The quantitative estimate of drug-likeness (QED) is 0.0908. The van der Waals surface area contributed by atoms with Gasteiger partial charge in [-0.15, -0.1) is 34.0 Å². The lowest BCUT2D eigenvalue weighted by Crippen LogP contribution is -2.28. The molecule has 6 rings (SSSR count). The third-order valence-corrected chi connectivity index (χ3v) is 12.3. The van der Waals surface area contributed by atoms with Gasteiger partial charge in [0, 0.05) is 10.3 Å². The van der Waals surface area contributed by atoms with Crippen LogP contribution in [0.5, 0.6) is 0 Å². The molecule has 0 radical (unpaired) electrons. The molecule has 42 heavy (non-hydrogen) atoms. The van der Waals surface area contributed by atoms with Crippen molar-refractivity contribution in [2.24, 2.45) is 0 Å². The summed E-state index contributed by atoms with van der Waals surface area (Å²) in [5, 5.41) is 0. The summed E-state index contributed by atoms with van der Waals surface area (Å²) in [4.78, 5) is 27.9. The first kappa shape index (κ1) is 29.2. The van der Waals surface area contributed by atoms with Gasteiger partial charge in [0.05, 0.1) is 29.6 Å². The summed E-state index contributed by atoms with van der Waals surface area (Å²) in [5.41, 5.74) is 7.15. The molecular formula is C37H38O2S3. The molecule has 1 aliphatic rings. The monoisotopic (exact) mass is 610 g/mol. The van der Waals surface area contributed by atoms with Crippen LogP contribution in [0.25, 0.3) is 19.2 Å². The molecule has 0 bridgehead atoms. The van der Waals surface area contributed by atoms with Crippen LogP contribution in [0.4, 0.5) is 0 Å². The standard InChI is InChI=1S/C37H38O2S3/c1-3-5-7-9-11-25-13-17-27(18-14-25)37(28-19-15-26(16-20-28)12-10-8-6-4-2)31-21-29(23-38)40-34(31)36-33(37)35-32(42-36)22-30(24-39)41-35/h13-24H,3-12H2,1-2H3. The van der Waals surface area contributed by atoms with Crippen molar-refractivity contribution >= 4 is 56.0 Å². The second-order valence-electron chi connectivity index (χ2n) is 11.5. The summed E-state index contributed by atoms with van der Waals surface area (Å²) in [7, 11) is 0. The van der Waals surface area contributed by atoms with Gasteiger partial charge in [0.1, 0.15) is 0 Å². The Morgan fingerprint density at radius 3 is 1.69 bits per heavy atom. The molecule has 0 saturated heterocycles. The van der Waals surface area contributed by atoms with Crippen molar-refractivity contribution in [1.29, 1.82) is 0 Å². The molecule has 5 heteroatoms. The van der Waals surface area contributed by atoms with E-state index in [1.807, 2.05) is 6.07 Å². The van der Waals surface area contributed by atoms with E-state index in [9.17, 15) is 9.59 Å². The molecule has 2 nitrogen and oxygen atoms in total. The lowest BCUT2D eigenvalue weighted by molar-refractivity contribution is 0.111. The highest BCUT2D eigenvalue weighted by Gasteiger charge is 2.50. The van der Waals surface area contributed by atoms with Gasteiger partial charge in [-0.2, -0.15) is 0 Å². The van der Waals surface area contributed by atoms with Crippen LogP contribution in [0.1, 0.15) is 118 Å². The van der Waals surface area contributed by atoms with Gasteiger partial charge in [0.25, 0.3) is 0 Å². The summed E-state index contributed by atoms with van der Waals surface area (Å²) in [6.45, 7) is 4.51. The highest BCUT2D eigenvalue weighted by Crippen LogP contribution is 2.63. The Morgan fingerprint density at radius 2 is 1.17 bits per heavy atom. The minimum atomic E-state index is -0.535. The second-order valence-corrected chi connectivity index (χ2v) is 14.8. The van der Waals surface area contributed by atoms with Crippen molar-refractivity contribution in [1.82, 2.24) is 0 Å². The van der Waals surface area contributed by atoms with Gasteiger partial charge in [-0.05, 0) is 65.6 Å². The zero-order chi connectivity index (χ0) is 29.1. The number of carbonyl (C=O) groups excluding carboxylic acids is 2. The SMILES string of the molecule is CCCCCCc1ccc(C2(c3ccc(CCCCCC)cc3)c3cc(C=O)sc3-c3sc4cc(C=O)sc4c32)cc1. The number of hydrogen-bond donors (Lipinski definition) is 0. The van der Waals surface area contributed by atoms with Crippen molar-refractivity contribution in [3.63, 3.8) is 0 Å². The van der Waals surface area contributed by atoms with Gasteiger partial charge in [-0.25, -0.2) is 0 Å². The van der Waals surface area contributed by atoms with E-state index in [0.29, 0.717) is 0 Å². The molecule has 216 valence electrons. The Kier molecular flexibility index (Phi) is 8.90. The number of aryl methyl sites for hydroxylation is 2. The Labute approximate surface area is 261 Å². The van der Waals surface area contributed by atoms with Gasteiger partial charge < -0.3 is 0 Å². The number of fused-ring (bicyclic) bond motifs is 5. The maximum atomic E-state index is 12.1. The largest absolute Gasteiger partial charge is 0.297 e. The summed E-state index contributed by atoms with van der Waals surface area (Å²) < 4.78 is 2.35. The van der Waals surface area contributed by atoms with E-state index in [0.717, 1.165) is 39.9 Å². The van der Waals surface area contributed by atoms with E-state index in [1.165, 1.54) is 99.2 Å². The predicted molar refractivity (Wildman–Crippen MR) is 181 cm³/mol. The lowest BCUT2D eigenvalue weighted by atomic mass is 9.68. The van der Waals surface area contributed by atoms with Crippen LogP contribution in [0.2, 0.25) is 0 Å². The topological polar surface area (TPSA) is 34.1 Å². The Balaban J connectivity index is 1.52. The number of unbranched alkanes of at least 4 members (excludes halogenated alkanes) is 6. The van der Waals surface area contributed by atoms with Crippen LogP contribution < -0.4 is 0 Å². The molecule has 3 heterocycles. The first-order chi connectivity index (χ1) is 20.6. The average Bonchev–Trinajstić information content (AvgIpc) is 3.76. The molecule has 0 aliphatic heterocycles. The van der Waals surface area contributed by atoms with Crippen LogP contribution >= 0.6 is 34.0 Å². The van der Waals surface area contributed by atoms with Crippen LogP contribution in [-0.2, 0) is 18.3 Å². The zero-order valence-corrected chi connectivity index (χ0v) is 27.0. The third-order valence-electron chi connectivity index (χ3n) is 8.76. The number of aldehydes is 2. The molecule has 0 amide bonds. The lowest BCUT2D eigenvalue weighted by Gasteiger charge is -2.33. The minimum Gasteiger partial charge on any atom is -0.297 e. The highest BCUT2D eigenvalue weighted by molar-refractivity contribution is 7.32. The summed E-state index contributed by atoms with van der Waals surface area (Å²) >= 11 is 4.96. The average molecular weight is 611 g/mol. The van der Waals surface area contributed by atoms with E-state index in [-0.39, 0.29) is 0 Å². The number of hydrogen-bond acceptors (Lipinski definition) is 5. The highest BCUT2D eigenvalue weighted by atomic mass is 32.1. The van der Waals surface area contributed by atoms with Gasteiger partial charge in [0.15, 0.2) is 12.6 Å². The molecule has 2 aromatic carbocycles. The molecule has 1 aliphatic carbocycles. The fraction of sp³-hybridized carbons (Fsp3) is 0.351. The fourth-order valence-corrected chi connectivity index (χ4v) is 10.4. The van der Waals surface area contributed by atoms with E-state index in [4.69, 9.17) is 0 Å². The van der Waals surface area contributed by atoms with Crippen molar-refractivity contribution in [2.75, 3.05) is 0 Å². The van der Waals surface area contributed by atoms with E-state index >= 15 is 0 Å². The minimum absolute atomic E-state index is 0.535. The van der Waals surface area contributed by atoms with Crippen molar-refractivity contribution in [3.05, 3.63) is 104 Å². The molecule has 0 saturated carbocycles. The molecule has 0 unspecified atom stereocenters. The number of thiophene rings is 3. The molecule has 0 atom stereocenters. The Hall–Kier alpha value is -2.86. The summed E-state index contributed by atoms with van der Waals surface area (Å²) in [6.07, 6.45) is 14.2.